The maximum absolute atomic E-state index is 12.7. The number of thiazole rings is 1. The van der Waals surface area contributed by atoms with E-state index in [1.807, 2.05) is 71.1 Å². The number of halogens is 1. The Morgan fingerprint density at radius 3 is 2.45 bits per heavy atom. The summed E-state index contributed by atoms with van der Waals surface area (Å²) in [5.74, 6) is 0.154. The number of benzene rings is 2. The second-order valence-corrected chi connectivity index (χ2v) is 9.07. The molecule has 3 heterocycles. The van der Waals surface area contributed by atoms with Crippen molar-refractivity contribution in [1.82, 2.24) is 19.7 Å². The van der Waals surface area contributed by atoms with Gasteiger partial charge in [-0.15, -0.1) is 0 Å². The normalized spacial score (nSPS) is 14.4. The molecule has 0 bridgehead atoms. The molecule has 0 N–H and O–H groups in total. The lowest BCUT2D eigenvalue weighted by Gasteiger charge is -2.34. The van der Waals surface area contributed by atoms with Gasteiger partial charge in [0.2, 0.25) is 5.91 Å². The van der Waals surface area contributed by atoms with Crippen molar-refractivity contribution in [3.8, 4) is 5.69 Å². The summed E-state index contributed by atoms with van der Waals surface area (Å²) in [6, 6.07) is 17.6. The third kappa shape index (κ3) is 4.03. The Morgan fingerprint density at radius 2 is 1.74 bits per heavy atom. The number of rotatable bonds is 4. The van der Waals surface area contributed by atoms with Gasteiger partial charge in [-0.3, -0.25) is 4.79 Å². The molecule has 1 fully saturated rings. The molecule has 5 rings (SSSR count). The standard InChI is InChI=1S/C23H22ClN5OS/c1-16-21-22(29(26-16)19-5-3-2-4-6-19)25-23(31-21)28-13-11-27(12-14-28)20(30)15-17-7-9-18(24)10-8-17/h2-10H,11-15H2,1H3. The molecule has 2 aromatic carbocycles. The van der Waals surface area contributed by atoms with Crippen molar-refractivity contribution in [3.05, 3.63) is 70.9 Å². The fourth-order valence-electron chi connectivity index (χ4n) is 3.84. The number of fused-ring (bicyclic) bond motifs is 1. The lowest BCUT2D eigenvalue weighted by atomic mass is 10.1. The van der Waals surface area contributed by atoms with Gasteiger partial charge in [-0.25, -0.2) is 4.68 Å². The quantitative estimate of drug-likeness (QED) is 0.463. The number of carbonyl (C=O) groups excluding carboxylic acids is 1. The summed E-state index contributed by atoms with van der Waals surface area (Å²) in [6.07, 6.45) is 0.407. The fourth-order valence-corrected chi connectivity index (χ4v) is 5.01. The zero-order valence-electron chi connectivity index (χ0n) is 17.2. The van der Waals surface area contributed by atoms with Gasteiger partial charge >= 0.3 is 0 Å². The highest BCUT2D eigenvalue weighted by atomic mass is 35.5. The first kappa shape index (κ1) is 20.0. The highest BCUT2D eigenvalue weighted by Crippen LogP contribution is 2.33. The molecular weight excluding hydrogens is 430 g/mol. The predicted molar refractivity (Wildman–Crippen MR) is 125 cm³/mol. The zero-order chi connectivity index (χ0) is 21.4. The van der Waals surface area contributed by atoms with E-state index in [-0.39, 0.29) is 5.91 Å². The lowest BCUT2D eigenvalue weighted by molar-refractivity contribution is -0.130. The number of aryl methyl sites for hydroxylation is 1. The number of nitrogens with zero attached hydrogens (tertiary/aromatic N) is 5. The largest absolute Gasteiger partial charge is 0.344 e. The van der Waals surface area contributed by atoms with Gasteiger partial charge < -0.3 is 9.80 Å². The number of hydrogen-bond acceptors (Lipinski definition) is 5. The highest BCUT2D eigenvalue weighted by molar-refractivity contribution is 7.22. The van der Waals surface area contributed by atoms with Crippen LogP contribution < -0.4 is 4.90 Å². The van der Waals surface area contributed by atoms with Crippen LogP contribution in [0.15, 0.2) is 54.6 Å². The molecule has 8 heteroatoms. The summed E-state index contributed by atoms with van der Waals surface area (Å²) in [5, 5.41) is 6.35. The molecule has 2 aromatic heterocycles. The average molecular weight is 452 g/mol. The summed E-state index contributed by atoms with van der Waals surface area (Å²) < 4.78 is 3.02. The van der Waals surface area contributed by atoms with Crippen LogP contribution in [0.1, 0.15) is 11.3 Å². The minimum atomic E-state index is 0.154. The van der Waals surface area contributed by atoms with Gasteiger partial charge in [0, 0.05) is 31.2 Å². The molecule has 4 aromatic rings. The first-order chi connectivity index (χ1) is 15.1. The van der Waals surface area contributed by atoms with Crippen molar-refractivity contribution in [3.63, 3.8) is 0 Å². The highest BCUT2D eigenvalue weighted by Gasteiger charge is 2.24. The first-order valence-corrected chi connectivity index (χ1v) is 11.5. The Bertz CT molecular complexity index is 1210. The molecule has 0 radical (unpaired) electrons. The molecule has 0 unspecified atom stereocenters. The van der Waals surface area contributed by atoms with Crippen LogP contribution >= 0.6 is 22.9 Å². The van der Waals surface area contributed by atoms with E-state index in [0.717, 1.165) is 45.5 Å². The summed E-state index contributed by atoms with van der Waals surface area (Å²) >= 11 is 7.61. The molecule has 1 aliphatic rings. The van der Waals surface area contributed by atoms with Crippen molar-refractivity contribution in [2.45, 2.75) is 13.3 Å². The van der Waals surface area contributed by atoms with E-state index in [1.54, 1.807) is 11.3 Å². The van der Waals surface area contributed by atoms with E-state index in [9.17, 15) is 4.79 Å². The molecule has 158 valence electrons. The van der Waals surface area contributed by atoms with Crippen LogP contribution in [0.3, 0.4) is 0 Å². The number of anilines is 1. The van der Waals surface area contributed by atoms with Gasteiger partial charge in [0.25, 0.3) is 0 Å². The van der Waals surface area contributed by atoms with E-state index < -0.39 is 0 Å². The van der Waals surface area contributed by atoms with Crippen LogP contribution in [-0.2, 0) is 11.2 Å². The van der Waals surface area contributed by atoms with Crippen LogP contribution in [0.25, 0.3) is 16.0 Å². The predicted octanol–water partition coefficient (Wildman–Crippen LogP) is 4.34. The molecule has 0 atom stereocenters. The summed E-state index contributed by atoms with van der Waals surface area (Å²) in [6.45, 7) is 4.98. The van der Waals surface area contributed by atoms with Crippen molar-refractivity contribution in [2.75, 3.05) is 31.1 Å². The van der Waals surface area contributed by atoms with Gasteiger partial charge in [0.15, 0.2) is 10.8 Å². The van der Waals surface area contributed by atoms with Gasteiger partial charge in [0.1, 0.15) is 0 Å². The number of amides is 1. The zero-order valence-corrected chi connectivity index (χ0v) is 18.7. The van der Waals surface area contributed by atoms with Crippen molar-refractivity contribution in [1.29, 1.82) is 0 Å². The van der Waals surface area contributed by atoms with Crippen LogP contribution in [0.5, 0.6) is 0 Å². The Labute approximate surface area is 189 Å². The second kappa shape index (κ2) is 8.32. The monoisotopic (exact) mass is 451 g/mol. The van der Waals surface area contributed by atoms with Crippen LogP contribution in [0.4, 0.5) is 5.13 Å². The molecule has 0 aliphatic carbocycles. The lowest BCUT2D eigenvalue weighted by Crippen LogP contribution is -2.49. The van der Waals surface area contributed by atoms with Crippen LogP contribution in [-0.4, -0.2) is 51.8 Å². The van der Waals surface area contributed by atoms with Gasteiger partial charge in [-0.05, 0) is 36.8 Å². The number of hydrogen-bond donors (Lipinski definition) is 0. The Morgan fingerprint density at radius 1 is 1.03 bits per heavy atom. The average Bonchev–Trinajstić information content (AvgIpc) is 3.37. The van der Waals surface area contributed by atoms with E-state index in [4.69, 9.17) is 16.6 Å². The van der Waals surface area contributed by atoms with Gasteiger partial charge in [-0.2, -0.15) is 10.1 Å². The molecular formula is C23H22ClN5OS. The van der Waals surface area contributed by atoms with Crippen molar-refractivity contribution >= 4 is 44.3 Å². The molecule has 6 nitrogen and oxygen atoms in total. The SMILES string of the molecule is Cc1nn(-c2ccccc2)c2nc(N3CCN(C(=O)Cc4ccc(Cl)cc4)CC3)sc12. The molecule has 31 heavy (non-hydrogen) atoms. The van der Waals surface area contributed by atoms with Crippen LogP contribution in [0, 0.1) is 6.92 Å². The Kier molecular flexibility index (Phi) is 5.38. The van der Waals surface area contributed by atoms with Crippen molar-refractivity contribution in [2.24, 2.45) is 0 Å². The van der Waals surface area contributed by atoms with Crippen molar-refractivity contribution < 1.29 is 4.79 Å². The summed E-state index contributed by atoms with van der Waals surface area (Å²) in [7, 11) is 0. The number of piperazine rings is 1. The minimum Gasteiger partial charge on any atom is -0.344 e. The van der Waals surface area contributed by atoms with E-state index in [0.29, 0.717) is 24.5 Å². The minimum absolute atomic E-state index is 0.154. The molecule has 1 saturated heterocycles. The summed E-state index contributed by atoms with van der Waals surface area (Å²) in [4.78, 5) is 21.8. The van der Waals surface area contributed by atoms with Crippen LogP contribution in [0.2, 0.25) is 5.02 Å². The number of para-hydroxylation sites is 1. The third-order valence-corrected chi connectivity index (χ3v) is 7.02. The molecule has 1 amide bonds. The molecule has 1 aliphatic heterocycles. The number of aromatic nitrogens is 3. The maximum atomic E-state index is 12.7. The summed E-state index contributed by atoms with van der Waals surface area (Å²) in [5.41, 5.74) is 3.88. The fraction of sp³-hybridized carbons (Fsp3) is 0.261. The topological polar surface area (TPSA) is 54.3 Å². The Balaban J connectivity index is 1.28. The number of carbonyl (C=O) groups is 1. The van der Waals surface area contributed by atoms with E-state index in [1.165, 1.54) is 0 Å². The smallest absolute Gasteiger partial charge is 0.227 e. The van der Waals surface area contributed by atoms with Gasteiger partial charge in [-0.1, -0.05) is 53.3 Å². The first-order valence-electron chi connectivity index (χ1n) is 10.3. The van der Waals surface area contributed by atoms with E-state index >= 15 is 0 Å². The van der Waals surface area contributed by atoms with E-state index in [2.05, 4.69) is 10.00 Å². The third-order valence-electron chi connectivity index (χ3n) is 5.55. The van der Waals surface area contributed by atoms with Gasteiger partial charge in [0.05, 0.1) is 22.5 Å². The maximum Gasteiger partial charge on any atom is 0.227 e. The Hall–Kier alpha value is -2.90. The molecule has 0 spiro atoms. The second-order valence-electron chi connectivity index (χ2n) is 7.65. The molecule has 0 saturated carbocycles.